The minimum Gasteiger partial charge on any atom is -0.390 e. The number of amides is 2. The Morgan fingerprint density at radius 2 is 2.08 bits per heavy atom. The van der Waals surface area contributed by atoms with Crippen molar-refractivity contribution in [3.05, 3.63) is 29.8 Å². The highest BCUT2D eigenvalue weighted by molar-refractivity contribution is 5.90. The first kappa shape index (κ1) is 16.9. The minimum atomic E-state index is -0.806. The summed E-state index contributed by atoms with van der Waals surface area (Å²) in [6.45, 7) is 4.45. The molecule has 1 aromatic carbocycles. The number of aromatic nitrogens is 4. The van der Waals surface area contributed by atoms with E-state index in [0.29, 0.717) is 24.6 Å². The molecule has 9 heteroatoms. The van der Waals surface area contributed by atoms with Crippen molar-refractivity contribution in [3.63, 3.8) is 0 Å². The van der Waals surface area contributed by atoms with Gasteiger partial charge in [-0.2, -0.15) is 4.68 Å². The standard InChI is InChI=1S/C17H21FN6O2/c1-17(2,26)11-8-23(9-11)16(25)19-12-5-6-13(18)14(7-12)24-15(10-3-4-10)20-21-22-24/h5-7,10-11,26H,3-4,8-9H2,1-2H3,(H,19,25). The Hall–Kier alpha value is -2.55. The van der Waals surface area contributed by atoms with Crippen LogP contribution in [-0.2, 0) is 0 Å². The number of anilines is 1. The molecule has 26 heavy (non-hydrogen) atoms. The quantitative estimate of drug-likeness (QED) is 0.868. The fourth-order valence-corrected chi connectivity index (χ4v) is 3.01. The number of urea groups is 1. The average molecular weight is 360 g/mol. The van der Waals surface area contributed by atoms with Crippen molar-refractivity contribution in [1.29, 1.82) is 0 Å². The van der Waals surface area contributed by atoms with E-state index in [1.54, 1.807) is 18.7 Å². The SMILES string of the molecule is CC(C)(O)C1CN(C(=O)Nc2ccc(F)c(-n3nnnc3C3CC3)c2)C1. The van der Waals surface area contributed by atoms with Crippen LogP contribution in [0.25, 0.3) is 5.69 Å². The molecule has 0 spiro atoms. The van der Waals surface area contributed by atoms with Gasteiger partial charge in [0.05, 0.1) is 5.60 Å². The Kier molecular flexibility index (Phi) is 3.91. The number of carbonyl (C=O) groups excluding carboxylic acids is 1. The predicted octanol–water partition coefficient (Wildman–Crippen LogP) is 1.91. The van der Waals surface area contributed by atoms with Gasteiger partial charge in [0.2, 0.25) is 0 Å². The zero-order valence-electron chi connectivity index (χ0n) is 14.7. The average Bonchev–Trinajstić information content (AvgIpc) is 3.24. The maximum atomic E-state index is 14.3. The van der Waals surface area contributed by atoms with Crippen LogP contribution < -0.4 is 5.32 Å². The molecule has 1 aliphatic carbocycles. The second-order valence-corrected chi connectivity index (χ2v) is 7.58. The van der Waals surface area contributed by atoms with Gasteiger partial charge in [0.15, 0.2) is 5.82 Å². The molecule has 2 heterocycles. The topological polar surface area (TPSA) is 96.2 Å². The lowest BCUT2D eigenvalue weighted by Gasteiger charge is -2.44. The van der Waals surface area contributed by atoms with E-state index in [1.807, 2.05) is 0 Å². The molecule has 1 aliphatic heterocycles. The molecule has 0 atom stereocenters. The maximum absolute atomic E-state index is 14.3. The fourth-order valence-electron chi connectivity index (χ4n) is 3.01. The minimum absolute atomic E-state index is 0.0550. The van der Waals surface area contributed by atoms with Gasteiger partial charge < -0.3 is 15.3 Å². The Labute approximate surface area is 150 Å². The lowest BCUT2D eigenvalue weighted by molar-refractivity contribution is -0.0440. The Bertz CT molecular complexity index is 836. The molecule has 2 fully saturated rings. The number of hydrogen-bond donors (Lipinski definition) is 2. The lowest BCUT2D eigenvalue weighted by atomic mass is 9.85. The largest absolute Gasteiger partial charge is 0.390 e. The van der Waals surface area contributed by atoms with Gasteiger partial charge in [-0.1, -0.05) is 0 Å². The molecule has 1 saturated heterocycles. The predicted molar refractivity (Wildman–Crippen MR) is 91.5 cm³/mol. The van der Waals surface area contributed by atoms with Crippen molar-refractivity contribution >= 4 is 11.7 Å². The van der Waals surface area contributed by atoms with Crippen molar-refractivity contribution in [1.82, 2.24) is 25.1 Å². The molecule has 1 aromatic heterocycles. The smallest absolute Gasteiger partial charge is 0.321 e. The summed E-state index contributed by atoms with van der Waals surface area (Å²) in [5, 5.41) is 24.2. The van der Waals surface area contributed by atoms with Crippen molar-refractivity contribution in [2.45, 2.75) is 38.2 Å². The molecule has 0 bridgehead atoms. The van der Waals surface area contributed by atoms with E-state index in [2.05, 4.69) is 20.8 Å². The van der Waals surface area contributed by atoms with E-state index < -0.39 is 11.4 Å². The second kappa shape index (κ2) is 6.01. The summed E-state index contributed by atoms with van der Waals surface area (Å²) in [5.41, 5.74) is -0.123. The van der Waals surface area contributed by atoms with Crippen LogP contribution in [0.2, 0.25) is 0 Å². The van der Waals surface area contributed by atoms with E-state index in [-0.39, 0.29) is 23.6 Å². The van der Waals surface area contributed by atoms with Gasteiger partial charge in [-0.25, -0.2) is 9.18 Å². The van der Waals surface area contributed by atoms with Crippen LogP contribution in [0.15, 0.2) is 18.2 Å². The van der Waals surface area contributed by atoms with Crippen molar-refractivity contribution in [2.24, 2.45) is 5.92 Å². The summed E-state index contributed by atoms with van der Waals surface area (Å²) in [6.07, 6.45) is 1.99. The number of carbonyl (C=O) groups is 1. The van der Waals surface area contributed by atoms with Gasteiger partial charge in [0.25, 0.3) is 0 Å². The van der Waals surface area contributed by atoms with Crippen LogP contribution in [0.3, 0.4) is 0 Å². The van der Waals surface area contributed by atoms with Gasteiger partial charge in [-0.3, -0.25) is 0 Å². The number of aliphatic hydroxyl groups is 1. The molecule has 0 unspecified atom stereocenters. The summed E-state index contributed by atoms with van der Waals surface area (Å²) in [4.78, 5) is 13.9. The zero-order valence-corrected chi connectivity index (χ0v) is 14.7. The Morgan fingerprint density at radius 1 is 1.35 bits per heavy atom. The third-order valence-electron chi connectivity index (χ3n) is 5.03. The summed E-state index contributed by atoms with van der Waals surface area (Å²) >= 11 is 0. The number of hydrogen-bond acceptors (Lipinski definition) is 5. The molecule has 2 amide bonds. The zero-order chi connectivity index (χ0) is 18.5. The van der Waals surface area contributed by atoms with Gasteiger partial charge in [0.1, 0.15) is 11.5 Å². The maximum Gasteiger partial charge on any atom is 0.321 e. The first-order chi connectivity index (χ1) is 12.3. The number of rotatable bonds is 4. The second-order valence-electron chi connectivity index (χ2n) is 7.58. The van der Waals surface area contributed by atoms with Crippen LogP contribution in [0, 0.1) is 11.7 Å². The number of nitrogens with one attached hydrogen (secondary N) is 1. The first-order valence-electron chi connectivity index (χ1n) is 8.69. The molecule has 0 radical (unpaired) electrons. The highest BCUT2D eigenvalue weighted by Gasteiger charge is 2.39. The van der Waals surface area contributed by atoms with Gasteiger partial charge >= 0.3 is 6.03 Å². The van der Waals surface area contributed by atoms with Crippen molar-refractivity contribution < 1.29 is 14.3 Å². The number of tetrazole rings is 1. The van der Waals surface area contributed by atoms with E-state index in [4.69, 9.17) is 0 Å². The van der Waals surface area contributed by atoms with E-state index in [1.165, 1.54) is 22.9 Å². The molecular weight excluding hydrogens is 339 g/mol. The van der Waals surface area contributed by atoms with Gasteiger partial charge in [0, 0.05) is 30.6 Å². The molecule has 8 nitrogen and oxygen atoms in total. The summed E-state index contributed by atoms with van der Waals surface area (Å²) in [5.74, 6) is 0.508. The highest BCUT2D eigenvalue weighted by atomic mass is 19.1. The number of nitrogens with zero attached hydrogens (tertiary/aromatic N) is 5. The first-order valence-corrected chi connectivity index (χ1v) is 8.69. The Balaban J connectivity index is 1.48. The third kappa shape index (κ3) is 3.14. The van der Waals surface area contributed by atoms with E-state index >= 15 is 0 Å². The molecule has 2 aromatic rings. The third-order valence-corrected chi connectivity index (χ3v) is 5.03. The molecule has 1 saturated carbocycles. The number of benzene rings is 1. The fraction of sp³-hybridized carbons (Fsp3) is 0.529. The highest BCUT2D eigenvalue weighted by Crippen LogP contribution is 2.39. The van der Waals surface area contributed by atoms with E-state index in [9.17, 15) is 14.3 Å². The van der Waals surface area contributed by atoms with Crippen molar-refractivity contribution in [2.75, 3.05) is 18.4 Å². The molecular formula is C17H21FN6O2. The van der Waals surface area contributed by atoms with E-state index in [0.717, 1.165) is 12.8 Å². The molecule has 4 rings (SSSR count). The monoisotopic (exact) mass is 360 g/mol. The van der Waals surface area contributed by atoms with Crippen LogP contribution in [0.5, 0.6) is 0 Å². The van der Waals surface area contributed by atoms with Gasteiger partial charge in [-0.15, -0.1) is 5.10 Å². The van der Waals surface area contributed by atoms with Crippen LogP contribution in [-0.4, -0.2) is 54.9 Å². The summed E-state index contributed by atoms with van der Waals surface area (Å²) < 4.78 is 15.7. The summed E-state index contributed by atoms with van der Waals surface area (Å²) in [6, 6.07) is 4.05. The van der Waals surface area contributed by atoms with Gasteiger partial charge in [-0.05, 0) is 55.3 Å². The molecule has 138 valence electrons. The number of likely N-dealkylation sites (tertiary alicyclic amines) is 1. The Morgan fingerprint density at radius 3 is 2.73 bits per heavy atom. The molecule has 2 aliphatic rings. The van der Waals surface area contributed by atoms with Crippen LogP contribution in [0.4, 0.5) is 14.9 Å². The molecule has 2 N–H and O–H groups in total. The summed E-state index contributed by atoms with van der Waals surface area (Å²) in [7, 11) is 0. The van der Waals surface area contributed by atoms with Crippen LogP contribution >= 0.6 is 0 Å². The van der Waals surface area contributed by atoms with Crippen molar-refractivity contribution in [3.8, 4) is 5.69 Å². The normalized spacial score (nSPS) is 17.9. The number of halogens is 1. The van der Waals surface area contributed by atoms with Crippen LogP contribution in [0.1, 0.15) is 38.4 Å². The lowest BCUT2D eigenvalue weighted by Crippen LogP contribution is -2.58.